The Hall–Kier alpha value is -2.11. The van der Waals surface area contributed by atoms with Crippen molar-refractivity contribution in [2.75, 3.05) is 12.4 Å². The molecule has 0 saturated heterocycles. The van der Waals surface area contributed by atoms with Gasteiger partial charge in [-0.3, -0.25) is 10.1 Å². The lowest BCUT2D eigenvalue weighted by atomic mass is 10.2. The van der Waals surface area contributed by atoms with Crippen LogP contribution in [-0.4, -0.2) is 18.1 Å². The highest BCUT2D eigenvalue weighted by atomic mass is 35.5. The zero-order valence-corrected chi connectivity index (χ0v) is 12.8. The van der Waals surface area contributed by atoms with E-state index in [0.717, 1.165) is 5.69 Å². The summed E-state index contributed by atoms with van der Waals surface area (Å²) in [6.07, 6.45) is 0. The van der Waals surface area contributed by atoms with Gasteiger partial charge in [0.2, 0.25) is 0 Å². The van der Waals surface area contributed by atoms with Crippen LogP contribution in [-0.2, 0) is 0 Å². The standard InChI is InChI=1S/C15H13ClN2O2S/c1-20-13-8-7-10(9-12(13)16)14(19)18-15(21)17-11-5-3-2-4-6-11/h2-9H,1H3,(H2,17,18,19,21). The molecule has 21 heavy (non-hydrogen) atoms. The topological polar surface area (TPSA) is 50.4 Å². The molecule has 0 fully saturated rings. The van der Waals surface area contributed by atoms with Crippen LogP contribution >= 0.6 is 23.8 Å². The molecule has 0 aromatic heterocycles. The van der Waals surface area contributed by atoms with Crippen molar-refractivity contribution in [3.05, 3.63) is 59.1 Å². The van der Waals surface area contributed by atoms with Gasteiger partial charge in [-0.25, -0.2) is 0 Å². The van der Waals surface area contributed by atoms with Crippen molar-refractivity contribution in [3.8, 4) is 5.75 Å². The van der Waals surface area contributed by atoms with Gasteiger partial charge < -0.3 is 10.1 Å². The van der Waals surface area contributed by atoms with Gasteiger partial charge in [0, 0.05) is 11.3 Å². The molecule has 6 heteroatoms. The van der Waals surface area contributed by atoms with Crippen LogP contribution in [0.3, 0.4) is 0 Å². The average molecular weight is 321 g/mol. The minimum Gasteiger partial charge on any atom is -0.495 e. The Kier molecular flexibility index (Phi) is 5.14. The van der Waals surface area contributed by atoms with Crippen molar-refractivity contribution in [1.82, 2.24) is 5.32 Å². The first-order valence-electron chi connectivity index (χ1n) is 6.11. The van der Waals surface area contributed by atoms with Crippen LogP contribution in [0, 0.1) is 0 Å². The molecule has 2 rings (SSSR count). The summed E-state index contributed by atoms with van der Waals surface area (Å²) in [5.74, 6) is 0.172. The Morgan fingerprint density at radius 2 is 1.90 bits per heavy atom. The van der Waals surface area contributed by atoms with Crippen molar-refractivity contribution in [2.45, 2.75) is 0 Å². The molecule has 108 valence electrons. The fraction of sp³-hybridized carbons (Fsp3) is 0.0667. The van der Waals surface area contributed by atoms with Gasteiger partial charge in [0.25, 0.3) is 5.91 Å². The third-order valence-electron chi connectivity index (χ3n) is 2.67. The molecule has 0 atom stereocenters. The summed E-state index contributed by atoms with van der Waals surface area (Å²) in [7, 11) is 1.51. The first-order chi connectivity index (χ1) is 10.1. The fourth-order valence-electron chi connectivity index (χ4n) is 1.67. The lowest BCUT2D eigenvalue weighted by Crippen LogP contribution is -2.34. The lowest BCUT2D eigenvalue weighted by molar-refractivity contribution is 0.0977. The number of hydrogen-bond acceptors (Lipinski definition) is 3. The lowest BCUT2D eigenvalue weighted by Gasteiger charge is -2.10. The van der Waals surface area contributed by atoms with Crippen LogP contribution in [0.2, 0.25) is 5.02 Å². The highest BCUT2D eigenvalue weighted by molar-refractivity contribution is 7.80. The number of thiocarbonyl (C=S) groups is 1. The number of rotatable bonds is 3. The van der Waals surface area contributed by atoms with Crippen LogP contribution in [0.4, 0.5) is 5.69 Å². The van der Waals surface area contributed by atoms with E-state index in [1.807, 2.05) is 30.3 Å². The minimum absolute atomic E-state index is 0.221. The Bertz CT molecular complexity index is 662. The second kappa shape index (κ2) is 7.06. The van der Waals surface area contributed by atoms with Gasteiger partial charge >= 0.3 is 0 Å². The van der Waals surface area contributed by atoms with E-state index in [-0.39, 0.29) is 11.0 Å². The maximum absolute atomic E-state index is 12.1. The predicted molar refractivity (Wildman–Crippen MR) is 88.1 cm³/mol. The van der Waals surface area contributed by atoms with E-state index in [9.17, 15) is 4.79 Å². The Morgan fingerprint density at radius 1 is 1.19 bits per heavy atom. The summed E-state index contributed by atoms with van der Waals surface area (Å²) in [4.78, 5) is 12.1. The average Bonchev–Trinajstić information content (AvgIpc) is 2.48. The highest BCUT2D eigenvalue weighted by Gasteiger charge is 2.10. The number of amides is 1. The van der Waals surface area contributed by atoms with E-state index in [0.29, 0.717) is 16.3 Å². The number of benzene rings is 2. The monoisotopic (exact) mass is 320 g/mol. The molecule has 0 heterocycles. The van der Waals surface area contributed by atoms with Gasteiger partial charge in [-0.15, -0.1) is 0 Å². The minimum atomic E-state index is -0.340. The van der Waals surface area contributed by atoms with Crippen LogP contribution < -0.4 is 15.4 Å². The van der Waals surface area contributed by atoms with Crippen LogP contribution in [0.15, 0.2) is 48.5 Å². The second-order valence-corrected chi connectivity index (χ2v) is 4.94. The van der Waals surface area contributed by atoms with Crippen LogP contribution in [0.5, 0.6) is 5.75 Å². The number of carbonyl (C=O) groups is 1. The normalized spacial score (nSPS) is 9.81. The Morgan fingerprint density at radius 3 is 2.52 bits per heavy atom. The van der Waals surface area contributed by atoms with Gasteiger partial charge in [0.05, 0.1) is 12.1 Å². The number of para-hydroxylation sites is 1. The smallest absolute Gasteiger partial charge is 0.257 e. The Labute approximate surface area is 133 Å². The number of hydrogen-bond donors (Lipinski definition) is 2. The number of nitrogens with one attached hydrogen (secondary N) is 2. The first-order valence-corrected chi connectivity index (χ1v) is 6.89. The van der Waals surface area contributed by atoms with Crippen molar-refractivity contribution in [3.63, 3.8) is 0 Å². The van der Waals surface area contributed by atoms with Crippen LogP contribution in [0.1, 0.15) is 10.4 Å². The molecule has 0 aliphatic heterocycles. The molecular formula is C15H13ClN2O2S. The molecule has 0 bridgehead atoms. The molecule has 0 aliphatic rings. The summed E-state index contributed by atoms with van der Waals surface area (Å²) in [5.41, 5.74) is 1.20. The van der Waals surface area contributed by atoms with E-state index in [4.69, 9.17) is 28.6 Å². The van der Waals surface area contributed by atoms with Gasteiger partial charge in [-0.1, -0.05) is 29.8 Å². The number of anilines is 1. The van der Waals surface area contributed by atoms with Crippen LogP contribution in [0.25, 0.3) is 0 Å². The molecule has 4 nitrogen and oxygen atoms in total. The molecule has 1 amide bonds. The number of ether oxygens (including phenoxy) is 1. The van der Waals surface area contributed by atoms with Crippen molar-refractivity contribution in [2.24, 2.45) is 0 Å². The van der Waals surface area contributed by atoms with Crippen molar-refractivity contribution < 1.29 is 9.53 Å². The fourth-order valence-corrected chi connectivity index (χ4v) is 2.13. The third-order valence-corrected chi connectivity index (χ3v) is 3.17. The largest absolute Gasteiger partial charge is 0.495 e. The van der Waals surface area contributed by atoms with Gasteiger partial charge in [0.1, 0.15) is 5.75 Å². The zero-order chi connectivity index (χ0) is 15.2. The zero-order valence-electron chi connectivity index (χ0n) is 11.2. The van der Waals surface area contributed by atoms with Gasteiger partial charge in [0.15, 0.2) is 5.11 Å². The highest BCUT2D eigenvalue weighted by Crippen LogP contribution is 2.24. The second-order valence-electron chi connectivity index (χ2n) is 4.12. The predicted octanol–water partition coefficient (Wildman–Crippen LogP) is 3.48. The summed E-state index contributed by atoms with van der Waals surface area (Å²) in [6, 6.07) is 14.1. The van der Waals surface area contributed by atoms with E-state index in [2.05, 4.69) is 10.6 Å². The Balaban J connectivity index is 2.01. The number of carbonyl (C=O) groups excluding carboxylic acids is 1. The molecule has 0 radical (unpaired) electrons. The summed E-state index contributed by atoms with van der Waals surface area (Å²) < 4.78 is 5.04. The van der Waals surface area contributed by atoms with E-state index < -0.39 is 0 Å². The maximum atomic E-state index is 12.1. The third kappa shape index (κ3) is 4.18. The molecule has 2 aromatic rings. The summed E-state index contributed by atoms with van der Waals surface area (Å²) in [6.45, 7) is 0. The van der Waals surface area contributed by atoms with Gasteiger partial charge in [-0.2, -0.15) is 0 Å². The molecule has 2 N–H and O–H groups in total. The van der Waals surface area contributed by atoms with E-state index in [1.165, 1.54) is 13.2 Å². The maximum Gasteiger partial charge on any atom is 0.257 e. The molecule has 0 aliphatic carbocycles. The first kappa shape index (κ1) is 15.3. The quantitative estimate of drug-likeness (QED) is 0.850. The van der Waals surface area contributed by atoms with E-state index in [1.54, 1.807) is 12.1 Å². The molecule has 0 spiro atoms. The number of methoxy groups -OCH3 is 1. The molecule has 0 saturated carbocycles. The molecule has 0 unspecified atom stereocenters. The molecular weight excluding hydrogens is 308 g/mol. The summed E-state index contributed by atoms with van der Waals surface area (Å²) in [5, 5.41) is 6.10. The number of halogens is 1. The van der Waals surface area contributed by atoms with Crippen molar-refractivity contribution >= 4 is 40.5 Å². The summed E-state index contributed by atoms with van der Waals surface area (Å²) >= 11 is 11.1. The molecule has 2 aromatic carbocycles. The SMILES string of the molecule is COc1ccc(C(=O)NC(=S)Nc2ccccc2)cc1Cl. The van der Waals surface area contributed by atoms with Crippen molar-refractivity contribution in [1.29, 1.82) is 0 Å². The van der Waals surface area contributed by atoms with Gasteiger partial charge in [-0.05, 0) is 42.5 Å². The van der Waals surface area contributed by atoms with E-state index >= 15 is 0 Å².